The van der Waals surface area contributed by atoms with Crippen LogP contribution in [0.2, 0.25) is 0 Å². The van der Waals surface area contributed by atoms with E-state index >= 15 is 0 Å². The molecule has 10 heteroatoms. The highest BCUT2D eigenvalue weighted by molar-refractivity contribution is 5.91. The monoisotopic (exact) mass is 478 g/mol. The molecule has 0 saturated carbocycles. The average Bonchev–Trinajstić information content (AvgIpc) is 3.47. The van der Waals surface area contributed by atoms with Crippen LogP contribution >= 0.6 is 0 Å². The van der Waals surface area contributed by atoms with Crippen LogP contribution in [0.3, 0.4) is 0 Å². The van der Waals surface area contributed by atoms with Crippen molar-refractivity contribution in [3.8, 4) is 22.9 Å². The van der Waals surface area contributed by atoms with E-state index in [9.17, 15) is 19.5 Å². The number of pyridine rings is 2. The number of hydrogen-bond acceptors (Lipinski definition) is 9. The van der Waals surface area contributed by atoms with Crippen molar-refractivity contribution in [2.24, 2.45) is 0 Å². The van der Waals surface area contributed by atoms with Crippen molar-refractivity contribution in [3.05, 3.63) is 50.8 Å². The van der Waals surface area contributed by atoms with E-state index in [0.29, 0.717) is 34.8 Å². The van der Waals surface area contributed by atoms with E-state index in [1.54, 1.807) is 23.6 Å². The first-order valence-electron chi connectivity index (χ1n) is 11.3. The number of carbonyl (C=O) groups is 2. The van der Waals surface area contributed by atoms with Gasteiger partial charge < -0.3 is 28.6 Å². The molecule has 1 atom stereocenters. The Bertz CT molecular complexity index is 1510. The van der Waals surface area contributed by atoms with Gasteiger partial charge in [0, 0.05) is 34.6 Å². The molecule has 0 bridgehead atoms. The summed E-state index contributed by atoms with van der Waals surface area (Å²) in [6.45, 7) is 1.84. The molecule has 0 saturated heterocycles. The first-order valence-corrected chi connectivity index (χ1v) is 11.3. The van der Waals surface area contributed by atoms with Crippen LogP contribution in [-0.2, 0) is 44.2 Å². The summed E-state index contributed by atoms with van der Waals surface area (Å²) in [4.78, 5) is 42.4. The maximum Gasteiger partial charge on any atom is 0.343 e. The fraction of sp³-hybridized carbons (Fsp3) is 0.360. The summed E-state index contributed by atoms with van der Waals surface area (Å²) in [5.41, 5.74) is 1.68. The first kappa shape index (κ1) is 21.6. The standard InChI is InChI=1S/C25H22N2O8/c1-3-25(31)16-7-18-21-12(9-27(18)23(29)15(16)10-33-24(25)30)6-14-13(4-5-20(28)32-2)22-19(34-11-35-22)8-17(14)26-21/h6-8,31H,3-5,9-11H2,1-2H3. The highest BCUT2D eigenvalue weighted by atomic mass is 16.7. The molecule has 3 aliphatic heterocycles. The van der Waals surface area contributed by atoms with Gasteiger partial charge in [0.05, 0.1) is 36.1 Å². The van der Waals surface area contributed by atoms with E-state index in [4.69, 9.17) is 23.9 Å². The highest BCUT2D eigenvalue weighted by Gasteiger charge is 2.45. The number of methoxy groups -OCH3 is 1. The third kappa shape index (κ3) is 2.99. The lowest BCUT2D eigenvalue weighted by Gasteiger charge is -2.31. The summed E-state index contributed by atoms with van der Waals surface area (Å²) in [7, 11) is 1.34. The molecule has 1 unspecified atom stereocenters. The molecule has 3 aliphatic rings. The van der Waals surface area contributed by atoms with Crippen LogP contribution < -0.4 is 15.0 Å². The minimum atomic E-state index is -1.88. The lowest BCUT2D eigenvalue weighted by Crippen LogP contribution is -2.44. The zero-order chi connectivity index (χ0) is 24.5. The molecular formula is C25H22N2O8. The molecule has 0 aliphatic carbocycles. The minimum Gasteiger partial charge on any atom is -0.469 e. The molecule has 35 heavy (non-hydrogen) atoms. The second-order valence-corrected chi connectivity index (χ2v) is 8.83. The largest absolute Gasteiger partial charge is 0.469 e. The van der Waals surface area contributed by atoms with Crippen molar-refractivity contribution in [1.29, 1.82) is 0 Å². The molecule has 6 rings (SSSR count). The molecule has 0 radical (unpaired) electrons. The molecule has 0 fully saturated rings. The fourth-order valence-corrected chi connectivity index (χ4v) is 5.14. The number of ether oxygens (including phenoxy) is 4. The smallest absolute Gasteiger partial charge is 0.343 e. The molecule has 1 aromatic carbocycles. The normalized spacial score (nSPS) is 19.2. The van der Waals surface area contributed by atoms with Crippen LogP contribution in [0.25, 0.3) is 22.3 Å². The molecule has 1 N–H and O–H groups in total. The van der Waals surface area contributed by atoms with Crippen LogP contribution in [-0.4, -0.2) is 40.5 Å². The second kappa shape index (κ2) is 7.54. The lowest BCUT2D eigenvalue weighted by atomic mass is 9.86. The van der Waals surface area contributed by atoms with Gasteiger partial charge in [-0.05, 0) is 25.0 Å². The maximum atomic E-state index is 13.4. The Hall–Kier alpha value is -3.92. The number of carbonyl (C=O) groups excluding carboxylic acids is 2. The number of aliphatic hydroxyl groups is 1. The van der Waals surface area contributed by atoms with E-state index in [1.807, 2.05) is 6.07 Å². The molecular weight excluding hydrogens is 456 g/mol. The lowest BCUT2D eigenvalue weighted by molar-refractivity contribution is -0.172. The maximum absolute atomic E-state index is 13.4. The number of cyclic esters (lactones) is 1. The summed E-state index contributed by atoms with van der Waals surface area (Å²) < 4.78 is 22.8. The van der Waals surface area contributed by atoms with Crippen molar-refractivity contribution in [2.75, 3.05) is 13.9 Å². The summed E-state index contributed by atoms with van der Waals surface area (Å²) in [6, 6.07) is 5.40. The van der Waals surface area contributed by atoms with Gasteiger partial charge in [0.1, 0.15) is 6.61 Å². The number of esters is 2. The number of aryl methyl sites for hydroxylation is 1. The number of hydrogen-bond donors (Lipinski definition) is 1. The van der Waals surface area contributed by atoms with Gasteiger partial charge in [-0.25, -0.2) is 9.78 Å². The highest BCUT2D eigenvalue weighted by Crippen LogP contribution is 2.44. The number of benzene rings is 1. The Kier molecular flexibility index (Phi) is 4.65. The van der Waals surface area contributed by atoms with Gasteiger partial charge in [0.25, 0.3) is 5.56 Å². The number of rotatable bonds is 4. The molecule has 0 spiro atoms. The van der Waals surface area contributed by atoms with Crippen LogP contribution in [0.4, 0.5) is 0 Å². The molecule has 5 heterocycles. The van der Waals surface area contributed by atoms with E-state index in [0.717, 1.165) is 16.5 Å². The van der Waals surface area contributed by atoms with Crippen LogP contribution in [0.5, 0.6) is 11.5 Å². The van der Waals surface area contributed by atoms with Gasteiger partial charge in [-0.1, -0.05) is 6.92 Å². The Morgan fingerprint density at radius 2 is 2.06 bits per heavy atom. The van der Waals surface area contributed by atoms with Crippen LogP contribution in [0.1, 0.15) is 42.0 Å². The SMILES string of the molecule is CCC1(O)C(=O)OCc2c1cc1n(c2=O)Cc2cc3c(CCC(=O)OC)c4c(cc3nc2-1)OCO4. The van der Waals surface area contributed by atoms with Gasteiger partial charge in [-0.15, -0.1) is 0 Å². The quantitative estimate of drug-likeness (QED) is 0.438. The average molecular weight is 478 g/mol. The number of nitrogens with zero attached hydrogens (tertiary/aromatic N) is 2. The van der Waals surface area contributed by atoms with Gasteiger partial charge in [0.15, 0.2) is 17.1 Å². The van der Waals surface area contributed by atoms with E-state index in [1.165, 1.54) is 7.11 Å². The van der Waals surface area contributed by atoms with Gasteiger partial charge >= 0.3 is 11.9 Å². The zero-order valence-corrected chi connectivity index (χ0v) is 19.2. The van der Waals surface area contributed by atoms with E-state index < -0.39 is 11.6 Å². The fourth-order valence-electron chi connectivity index (χ4n) is 5.14. The Morgan fingerprint density at radius 3 is 2.83 bits per heavy atom. The topological polar surface area (TPSA) is 126 Å². The van der Waals surface area contributed by atoms with Crippen molar-refractivity contribution >= 4 is 22.8 Å². The van der Waals surface area contributed by atoms with Crippen LogP contribution in [0, 0.1) is 0 Å². The van der Waals surface area contributed by atoms with Gasteiger partial charge in [0.2, 0.25) is 6.79 Å². The van der Waals surface area contributed by atoms with Crippen molar-refractivity contribution in [1.82, 2.24) is 9.55 Å². The summed E-state index contributed by atoms with van der Waals surface area (Å²) in [5, 5.41) is 11.8. The Labute approximate surface area is 199 Å². The van der Waals surface area contributed by atoms with Crippen molar-refractivity contribution in [2.45, 2.75) is 44.9 Å². The summed E-state index contributed by atoms with van der Waals surface area (Å²) in [5.74, 6) is 0.0155. The van der Waals surface area contributed by atoms with E-state index in [-0.39, 0.29) is 55.4 Å². The van der Waals surface area contributed by atoms with Crippen LogP contribution in [0.15, 0.2) is 23.0 Å². The summed E-state index contributed by atoms with van der Waals surface area (Å²) >= 11 is 0. The van der Waals surface area contributed by atoms with Crippen molar-refractivity contribution < 1.29 is 33.6 Å². The Balaban J connectivity index is 1.54. The number of aromatic nitrogens is 2. The third-order valence-electron chi connectivity index (χ3n) is 7.06. The molecule has 180 valence electrons. The first-order chi connectivity index (χ1) is 16.9. The predicted molar refractivity (Wildman–Crippen MR) is 121 cm³/mol. The minimum absolute atomic E-state index is 0.0760. The van der Waals surface area contributed by atoms with E-state index in [2.05, 4.69) is 0 Å². The van der Waals surface area contributed by atoms with Gasteiger partial charge in [-0.3, -0.25) is 9.59 Å². The predicted octanol–water partition coefficient (Wildman–Crippen LogP) is 1.91. The summed E-state index contributed by atoms with van der Waals surface area (Å²) in [6.07, 6.45) is 0.617. The van der Waals surface area contributed by atoms with Gasteiger partial charge in [-0.2, -0.15) is 0 Å². The number of fused-ring (bicyclic) bond motifs is 6. The molecule has 3 aromatic rings. The second-order valence-electron chi connectivity index (χ2n) is 8.83. The molecule has 10 nitrogen and oxygen atoms in total. The van der Waals surface area contributed by atoms with Crippen molar-refractivity contribution in [3.63, 3.8) is 0 Å². The Morgan fingerprint density at radius 1 is 1.23 bits per heavy atom. The zero-order valence-electron chi connectivity index (χ0n) is 19.2. The third-order valence-corrected chi connectivity index (χ3v) is 7.06. The molecule has 0 amide bonds. The molecule has 2 aromatic heterocycles.